The molecule has 0 saturated heterocycles. The summed E-state index contributed by atoms with van der Waals surface area (Å²) in [5, 5.41) is 9.86. The molecule has 11 heteroatoms. The van der Waals surface area contributed by atoms with Gasteiger partial charge in [-0.05, 0) is 31.2 Å². The first-order valence-electron chi connectivity index (χ1n) is 8.75. The largest absolute Gasteiger partial charge is 0.382 e. The Morgan fingerprint density at radius 3 is 2.50 bits per heavy atom. The van der Waals surface area contributed by atoms with Crippen molar-refractivity contribution in [1.29, 1.82) is 0 Å². The first-order chi connectivity index (χ1) is 14.4. The fourth-order valence-corrected chi connectivity index (χ4v) is 3.54. The SMILES string of the molecule is Cc1ccc2cnc(N)c(N=Nc3ccc(S(=O)(=O)Nc4ncccn4)nc3)c2c1. The summed E-state index contributed by atoms with van der Waals surface area (Å²) in [4.78, 5) is 15.8. The molecule has 0 bridgehead atoms. The van der Waals surface area contributed by atoms with Crippen LogP contribution in [0.15, 0.2) is 76.4 Å². The van der Waals surface area contributed by atoms with E-state index >= 15 is 0 Å². The molecule has 0 unspecified atom stereocenters. The van der Waals surface area contributed by atoms with Crippen molar-refractivity contribution in [1.82, 2.24) is 19.9 Å². The number of nitrogen functional groups attached to an aromatic ring is 1. The molecule has 150 valence electrons. The molecule has 0 aliphatic heterocycles. The molecule has 0 amide bonds. The molecule has 0 saturated carbocycles. The number of hydrogen-bond acceptors (Lipinski definition) is 9. The molecule has 0 atom stereocenters. The zero-order valence-electron chi connectivity index (χ0n) is 15.8. The van der Waals surface area contributed by atoms with Crippen LogP contribution in [0.4, 0.5) is 23.1 Å². The highest BCUT2D eigenvalue weighted by Crippen LogP contribution is 2.32. The Morgan fingerprint density at radius 2 is 1.77 bits per heavy atom. The smallest absolute Gasteiger partial charge is 0.281 e. The number of pyridine rings is 2. The van der Waals surface area contributed by atoms with Gasteiger partial charge in [-0.15, -0.1) is 10.2 Å². The van der Waals surface area contributed by atoms with Gasteiger partial charge in [0, 0.05) is 29.4 Å². The molecule has 3 heterocycles. The number of azo groups is 1. The van der Waals surface area contributed by atoms with Crippen LogP contribution < -0.4 is 10.5 Å². The Kier molecular flexibility index (Phi) is 5.02. The van der Waals surface area contributed by atoms with E-state index in [1.807, 2.05) is 25.1 Å². The minimum absolute atomic E-state index is 0.0442. The second-order valence-corrected chi connectivity index (χ2v) is 7.94. The lowest BCUT2D eigenvalue weighted by molar-refractivity contribution is 0.597. The lowest BCUT2D eigenvalue weighted by Crippen LogP contribution is -2.15. The van der Waals surface area contributed by atoms with Crippen LogP contribution in [-0.4, -0.2) is 28.4 Å². The number of aromatic nitrogens is 4. The normalized spacial score (nSPS) is 11.8. The van der Waals surface area contributed by atoms with Gasteiger partial charge < -0.3 is 5.73 Å². The Labute approximate surface area is 172 Å². The standard InChI is InChI=1S/C19H16N8O2S/c1-12-3-4-13-10-24-18(20)17(15(13)9-12)26-25-14-5-6-16(23-11-14)30(28,29)27-19-21-7-2-8-22-19/h2-11H,1H3,(H2,20,24)(H,21,22,27). The van der Waals surface area contributed by atoms with E-state index in [9.17, 15) is 8.42 Å². The van der Waals surface area contributed by atoms with Gasteiger partial charge in [0.05, 0.1) is 6.20 Å². The van der Waals surface area contributed by atoms with Gasteiger partial charge in [0.1, 0.15) is 11.4 Å². The van der Waals surface area contributed by atoms with Gasteiger partial charge in [0.15, 0.2) is 10.8 Å². The van der Waals surface area contributed by atoms with Crippen molar-refractivity contribution in [3.05, 3.63) is 66.7 Å². The van der Waals surface area contributed by atoms with Crippen LogP contribution in [0.2, 0.25) is 0 Å². The lowest BCUT2D eigenvalue weighted by atomic mass is 10.1. The number of nitrogens with two attached hydrogens (primary N) is 1. The monoisotopic (exact) mass is 420 g/mol. The van der Waals surface area contributed by atoms with Gasteiger partial charge in [0.2, 0.25) is 5.95 Å². The second kappa shape index (κ2) is 7.79. The number of nitrogens with zero attached hydrogens (tertiary/aromatic N) is 6. The van der Waals surface area contributed by atoms with E-state index < -0.39 is 10.0 Å². The van der Waals surface area contributed by atoms with E-state index in [1.165, 1.54) is 30.7 Å². The number of benzene rings is 1. The van der Waals surface area contributed by atoms with Gasteiger partial charge >= 0.3 is 0 Å². The molecule has 0 aliphatic rings. The third-order valence-electron chi connectivity index (χ3n) is 4.10. The van der Waals surface area contributed by atoms with Crippen molar-refractivity contribution in [3.8, 4) is 0 Å². The third-order valence-corrected chi connectivity index (χ3v) is 5.35. The Bertz CT molecular complexity index is 1340. The highest BCUT2D eigenvalue weighted by molar-refractivity contribution is 7.92. The molecule has 4 aromatic rings. The third kappa shape index (κ3) is 4.05. The predicted octanol–water partition coefficient (Wildman–Crippen LogP) is 3.53. The fourth-order valence-electron chi connectivity index (χ4n) is 2.65. The predicted molar refractivity (Wildman–Crippen MR) is 112 cm³/mol. The summed E-state index contributed by atoms with van der Waals surface area (Å²) in [6, 6.07) is 10.2. The van der Waals surface area contributed by atoms with E-state index in [1.54, 1.807) is 12.3 Å². The summed E-state index contributed by atoms with van der Waals surface area (Å²) in [5.41, 5.74) is 7.82. The topological polar surface area (TPSA) is 148 Å². The average Bonchev–Trinajstić information content (AvgIpc) is 2.74. The van der Waals surface area contributed by atoms with Crippen LogP contribution >= 0.6 is 0 Å². The molecular weight excluding hydrogens is 404 g/mol. The van der Waals surface area contributed by atoms with Crippen molar-refractivity contribution in [2.75, 3.05) is 10.5 Å². The van der Waals surface area contributed by atoms with Gasteiger partial charge in [-0.2, -0.15) is 8.42 Å². The van der Waals surface area contributed by atoms with Crippen molar-refractivity contribution < 1.29 is 8.42 Å². The molecule has 0 aliphatic carbocycles. The van der Waals surface area contributed by atoms with E-state index in [4.69, 9.17) is 5.73 Å². The lowest BCUT2D eigenvalue weighted by Gasteiger charge is -2.06. The van der Waals surface area contributed by atoms with Gasteiger partial charge in [0.25, 0.3) is 10.0 Å². The molecular formula is C19H16N8O2S. The summed E-state index contributed by atoms with van der Waals surface area (Å²) in [6.45, 7) is 1.97. The molecule has 3 N–H and O–H groups in total. The molecule has 0 spiro atoms. The molecule has 0 fully saturated rings. The van der Waals surface area contributed by atoms with Gasteiger partial charge in [-0.3, -0.25) is 0 Å². The van der Waals surface area contributed by atoms with E-state index in [0.717, 1.165) is 16.3 Å². The zero-order chi connectivity index (χ0) is 21.1. The molecule has 4 rings (SSSR count). The number of rotatable bonds is 5. The summed E-state index contributed by atoms with van der Waals surface area (Å²) in [7, 11) is -3.93. The maximum Gasteiger partial charge on any atom is 0.281 e. The number of fused-ring (bicyclic) bond motifs is 1. The quantitative estimate of drug-likeness (QED) is 0.469. The molecule has 10 nitrogen and oxygen atoms in total. The minimum atomic E-state index is -3.93. The van der Waals surface area contributed by atoms with Crippen LogP contribution in [-0.2, 0) is 10.0 Å². The van der Waals surface area contributed by atoms with Crippen LogP contribution in [0.1, 0.15) is 5.56 Å². The number of hydrogen-bond donors (Lipinski definition) is 2. The number of aryl methyl sites for hydroxylation is 1. The van der Waals surface area contributed by atoms with E-state index in [-0.39, 0.29) is 16.8 Å². The maximum absolute atomic E-state index is 12.4. The molecule has 3 aromatic heterocycles. The summed E-state index contributed by atoms with van der Waals surface area (Å²) in [5.74, 6) is 0.202. The van der Waals surface area contributed by atoms with Crippen molar-refractivity contribution in [3.63, 3.8) is 0 Å². The number of nitrogens with one attached hydrogen (secondary N) is 1. The summed E-state index contributed by atoms with van der Waals surface area (Å²) < 4.78 is 27.0. The molecule has 30 heavy (non-hydrogen) atoms. The van der Waals surface area contributed by atoms with Crippen molar-refractivity contribution in [2.45, 2.75) is 11.9 Å². The summed E-state index contributed by atoms with van der Waals surface area (Å²) >= 11 is 0. The maximum atomic E-state index is 12.4. The summed E-state index contributed by atoms with van der Waals surface area (Å²) in [6.07, 6.45) is 5.83. The van der Waals surface area contributed by atoms with Crippen LogP contribution in [0, 0.1) is 6.92 Å². The fraction of sp³-hybridized carbons (Fsp3) is 0.0526. The van der Waals surface area contributed by atoms with Gasteiger partial charge in [-0.25, -0.2) is 24.7 Å². The Morgan fingerprint density at radius 1 is 0.967 bits per heavy atom. The van der Waals surface area contributed by atoms with Crippen LogP contribution in [0.3, 0.4) is 0 Å². The van der Waals surface area contributed by atoms with Gasteiger partial charge in [-0.1, -0.05) is 17.7 Å². The molecule has 0 radical (unpaired) electrons. The first kappa shape index (κ1) is 19.3. The second-order valence-electron chi connectivity index (χ2n) is 6.32. The van der Waals surface area contributed by atoms with E-state index in [0.29, 0.717) is 11.4 Å². The highest BCUT2D eigenvalue weighted by atomic mass is 32.2. The average molecular weight is 420 g/mol. The Balaban J connectivity index is 1.60. The van der Waals surface area contributed by atoms with E-state index in [2.05, 4.69) is 34.9 Å². The minimum Gasteiger partial charge on any atom is -0.382 e. The first-order valence-corrected chi connectivity index (χ1v) is 10.2. The highest BCUT2D eigenvalue weighted by Gasteiger charge is 2.17. The number of anilines is 2. The number of sulfonamides is 1. The molecule has 1 aromatic carbocycles. The Hall–Kier alpha value is -3.99. The van der Waals surface area contributed by atoms with Crippen molar-refractivity contribution >= 4 is 43.9 Å². The van der Waals surface area contributed by atoms with Crippen LogP contribution in [0.5, 0.6) is 0 Å². The zero-order valence-corrected chi connectivity index (χ0v) is 16.6. The van der Waals surface area contributed by atoms with Crippen LogP contribution in [0.25, 0.3) is 10.8 Å². The van der Waals surface area contributed by atoms with Crippen molar-refractivity contribution in [2.24, 2.45) is 10.2 Å².